The number of alkyl halides is 3. The highest BCUT2D eigenvalue weighted by molar-refractivity contribution is 7.99. The average molecular weight is 627 g/mol. The number of carbonyl (C=O) groups excluding carboxylic acids is 2. The van der Waals surface area contributed by atoms with E-state index in [2.05, 4.69) is 30.9 Å². The van der Waals surface area contributed by atoms with Crippen molar-refractivity contribution in [1.29, 1.82) is 0 Å². The maximum atomic E-state index is 13.2. The van der Waals surface area contributed by atoms with Crippen LogP contribution in [-0.4, -0.2) is 45.7 Å². The summed E-state index contributed by atoms with van der Waals surface area (Å²) in [6, 6.07) is 20.9. The molecule has 0 unspecified atom stereocenters. The van der Waals surface area contributed by atoms with Crippen LogP contribution in [0.1, 0.15) is 10.4 Å². The number of H-pyrrole nitrogens is 1. The third kappa shape index (κ3) is 8.17. The first-order chi connectivity index (χ1) is 20.6. The first kappa shape index (κ1) is 29.7. The number of aldehydes is 1. The van der Waals surface area contributed by atoms with Gasteiger partial charge in [0, 0.05) is 56.4 Å². The van der Waals surface area contributed by atoms with E-state index in [1.54, 1.807) is 23.9 Å². The lowest BCUT2D eigenvalue weighted by Crippen LogP contribution is -2.13. The van der Waals surface area contributed by atoms with Crippen molar-refractivity contribution in [2.45, 2.75) is 11.1 Å². The van der Waals surface area contributed by atoms with Gasteiger partial charge in [0.05, 0.1) is 12.8 Å². The van der Waals surface area contributed by atoms with Gasteiger partial charge in [-0.15, -0.1) is 11.8 Å². The maximum absolute atomic E-state index is 13.2. The molecule has 9 nitrogen and oxygen atoms in total. The highest BCUT2D eigenvalue weighted by Crippen LogP contribution is 2.30. The summed E-state index contributed by atoms with van der Waals surface area (Å²) in [5, 5.41) is 10.8. The molecule has 6 rings (SSSR count). The van der Waals surface area contributed by atoms with Gasteiger partial charge in [-0.1, -0.05) is 17.7 Å². The molecule has 0 radical (unpaired) electrons. The molecule has 220 valence electrons. The molecule has 0 saturated heterocycles. The highest BCUT2D eigenvalue weighted by atomic mass is 35.5. The largest absolute Gasteiger partial charge is 0.493 e. The Bertz CT molecular complexity index is 1780. The molecule has 4 N–H and O–H groups in total. The predicted molar refractivity (Wildman–Crippen MR) is 161 cm³/mol. The number of nitrogens with one attached hydrogen (secondary N) is 4. The van der Waals surface area contributed by atoms with Crippen LogP contribution in [0.3, 0.4) is 0 Å². The van der Waals surface area contributed by atoms with Crippen LogP contribution in [0.4, 0.5) is 42.0 Å². The fourth-order valence-corrected chi connectivity index (χ4v) is 4.91. The van der Waals surface area contributed by atoms with Gasteiger partial charge in [-0.05, 0) is 54.6 Å². The Morgan fingerprint density at radius 3 is 2.70 bits per heavy atom. The summed E-state index contributed by atoms with van der Waals surface area (Å²) in [6.07, 6.45) is -2.31. The number of aromatic amines is 1. The van der Waals surface area contributed by atoms with Gasteiger partial charge in [0.1, 0.15) is 10.8 Å². The molecule has 0 aliphatic carbocycles. The van der Waals surface area contributed by atoms with Gasteiger partial charge in [0.15, 0.2) is 5.82 Å². The first-order valence-corrected chi connectivity index (χ1v) is 14.0. The molecule has 3 aromatic carbocycles. The smallest absolute Gasteiger partial charge is 0.446 e. The number of aromatic nitrogens is 3. The van der Waals surface area contributed by atoms with E-state index in [1.807, 2.05) is 60.8 Å². The summed E-state index contributed by atoms with van der Waals surface area (Å²) in [5.41, 5.74) is 3.62. The molecule has 0 fully saturated rings. The molecule has 14 heteroatoms. The minimum absolute atomic E-state index is 0.258. The number of thioether (sulfide) groups is 1. The Morgan fingerprint density at radius 1 is 1.05 bits per heavy atom. The van der Waals surface area contributed by atoms with Crippen molar-refractivity contribution in [3.8, 4) is 5.75 Å². The first-order valence-electron chi connectivity index (χ1n) is 12.6. The molecule has 5 aromatic rings. The minimum atomic E-state index is -4.64. The number of halogens is 4. The Hall–Kier alpha value is -4.75. The molecule has 2 aromatic heterocycles. The molecule has 1 aliphatic rings. The SMILES string of the molecule is O=C(Nc1ccc2[nH]ccc2c1)c1cc2cc(c1)OCCSc1cccc(c1)Nc1nc(ncc1Cl)N2.O=CC(F)(F)F. The summed E-state index contributed by atoms with van der Waals surface area (Å²) < 4.78 is 37.3. The Labute approximate surface area is 252 Å². The van der Waals surface area contributed by atoms with Crippen LogP contribution in [-0.2, 0) is 4.79 Å². The topological polar surface area (TPSA) is 121 Å². The molecule has 1 amide bonds. The maximum Gasteiger partial charge on any atom is 0.446 e. The number of ether oxygens (including phenoxy) is 1. The van der Waals surface area contributed by atoms with E-state index in [4.69, 9.17) is 21.1 Å². The zero-order valence-corrected chi connectivity index (χ0v) is 23.6. The average Bonchev–Trinajstić information content (AvgIpc) is 3.45. The van der Waals surface area contributed by atoms with Crippen molar-refractivity contribution in [1.82, 2.24) is 15.0 Å². The minimum Gasteiger partial charge on any atom is -0.493 e. The number of fused-ring (bicyclic) bond motifs is 7. The van der Waals surface area contributed by atoms with E-state index in [0.717, 1.165) is 27.2 Å². The number of rotatable bonds is 2. The monoisotopic (exact) mass is 626 g/mol. The standard InChI is InChI=1S/C27H21ClN6O2S.C2HF3O/c28-23-15-30-27-33-20-11-17(26(35)32-19-4-5-24-16(10-19)6-7-29-24)12-21(13-20)36-8-9-37-22-3-1-2-18(14-22)31-25(23)34-27;3-2(4,5)1-6/h1-7,10-15,29H,8-9H2,(H,32,35)(H2,30,31,33,34);1H. The van der Waals surface area contributed by atoms with Crippen molar-refractivity contribution >= 4 is 75.3 Å². The molecular weight excluding hydrogens is 605 g/mol. The molecule has 0 saturated carbocycles. The lowest BCUT2D eigenvalue weighted by molar-refractivity contribution is -0.156. The van der Waals surface area contributed by atoms with Crippen LogP contribution in [0.2, 0.25) is 5.02 Å². The van der Waals surface area contributed by atoms with Crippen LogP contribution >= 0.6 is 23.4 Å². The van der Waals surface area contributed by atoms with Gasteiger partial charge in [0.25, 0.3) is 5.91 Å². The Morgan fingerprint density at radius 2 is 1.88 bits per heavy atom. The van der Waals surface area contributed by atoms with Crippen LogP contribution < -0.4 is 20.7 Å². The normalized spacial score (nSPS) is 12.7. The van der Waals surface area contributed by atoms with Crippen LogP contribution in [0, 0.1) is 0 Å². The highest BCUT2D eigenvalue weighted by Gasteiger charge is 2.25. The van der Waals surface area contributed by atoms with E-state index in [-0.39, 0.29) is 5.91 Å². The van der Waals surface area contributed by atoms with Gasteiger partial charge < -0.3 is 25.7 Å². The van der Waals surface area contributed by atoms with Gasteiger partial charge in [-0.25, -0.2) is 4.98 Å². The van der Waals surface area contributed by atoms with Crippen molar-refractivity contribution in [3.05, 3.63) is 89.7 Å². The zero-order valence-electron chi connectivity index (χ0n) is 22.0. The van der Waals surface area contributed by atoms with Crippen LogP contribution in [0.15, 0.2) is 84.0 Å². The second-order valence-corrected chi connectivity index (χ2v) is 10.6. The van der Waals surface area contributed by atoms with Crippen molar-refractivity contribution in [3.63, 3.8) is 0 Å². The third-order valence-corrected chi connectivity index (χ3v) is 7.07. The molecule has 0 atom stereocenters. The fourth-order valence-electron chi connectivity index (χ4n) is 3.98. The summed E-state index contributed by atoms with van der Waals surface area (Å²) in [6.45, 7) is 0.465. The van der Waals surface area contributed by atoms with E-state index in [1.165, 1.54) is 6.20 Å². The second-order valence-electron chi connectivity index (χ2n) is 9.00. The lowest BCUT2D eigenvalue weighted by atomic mass is 10.1. The number of hydrogen-bond acceptors (Lipinski definition) is 8. The quantitative estimate of drug-likeness (QED) is 0.148. The molecule has 3 heterocycles. The van der Waals surface area contributed by atoms with Gasteiger partial charge >= 0.3 is 6.18 Å². The number of nitrogens with zero attached hydrogens (tertiary/aromatic N) is 2. The third-order valence-electron chi connectivity index (χ3n) is 5.83. The summed E-state index contributed by atoms with van der Waals surface area (Å²) in [5.74, 6) is 1.84. The molecule has 1 aliphatic heterocycles. The fraction of sp³-hybridized carbons (Fsp3) is 0.103. The number of benzene rings is 3. The lowest BCUT2D eigenvalue weighted by Gasteiger charge is -2.13. The Kier molecular flexibility index (Phi) is 9.02. The molecule has 0 spiro atoms. The molecule has 43 heavy (non-hydrogen) atoms. The van der Waals surface area contributed by atoms with Gasteiger partial charge in [-0.2, -0.15) is 18.2 Å². The van der Waals surface area contributed by atoms with Gasteiger partial charge in [-0.3, -0.25) is 9.59 Å². The van der Waals surface area contributed by atoms with Crippen LogP contribution in [0.25, 0.3) is 10.9 Å². The summed E-state index contributed by atoms with van der Waals surface area (Å²) in [7, 11) is 0. The Balaban J connectivity index is 0.000000559. The predicted octanol–water partition coefficient (Wildman–Crippen LogP) is 7.58. The summed E-state index contributed by atoms with van der Waals surface area (Å²) in [4.78, 5) is 35.0. The molecule has 6 bridgehead atoms. The van der Waals surface area contributed by atoms with Crippen molar-refractivity contribution in [2.75, 3.05) is 28.3 Å². The van der Waals surface area contributed by atoms with Crippen LogP contribution in [0.5, 0.6) is 5.75 Å². The van der Waals surface area contributed by atoms with E-state index in [0.29, 0.717) is 46.1 Å². The number of anilines is 5. The summed E-state index contributed by atoms with van der Waals surface area (Å²) >= 11 is 8.03. The van der Waals surface area contributed by atoms with E-state index < -0.39 is 12.5 Å². The van der Waals surface area contributed by atoms with E-state index >= 15 is 0 Å². The number of amides is 1. The number of hydrogen-bond donors (Lipinski definition) is 4. The van der Waals surface area contributed by atoms with Crippen molar-refractivity contribution < 1.29 is 27.5 Å². The molecular formula is C29H22ClF3N6O3S. The zero-order chi connectivity index (χ0) is 30.4. The van der Waals surface area contributed by atoms with E-state index in [9.17, 15) is 18.0 Å². The van der Waals surface area contributed by atoms with Gasteiger partial charge in [0.2, 0.25) is 12.2 Å². The number of carbonyl (C=O) groups is 2. The second kappa shape index (κ2) is 13.0. The van der Waals surface area contributed by atoms with Crippen molar-refractivity contribution in [2.24, 2.45) is 0 Å².